The number of esters is 1. The minimum absolute atomic E-state index is 0.232. The first-order valence-electron chi connectivity index (χ1n) is 6.84. The molecule has 0 amide bonds. The lowest BCUT2D eigenvalue weighted by molar-refractivity contribution is -0.144. The Balaban J connectivity index is 2.17. The van der Waals surface area contributed by atoms with Gasteiger partial charge in [0.2, 0.25) is 5.95 Å². The van der Waals surface area contributed by atoms with Crippen molar-refractivity contribution in [1.82, 2.24) is 9.97 Å². The molecule has 0 saturated heterocycles. The van der Waals surface area contributed by atoms with Crippen molar-refractivity contribution in [3.05, 3.63) is 54.4 Å². The number of nitrogens with zero attached hydrogens (tertiary/aromatic N) is 3. The molecule has 0 fully saturated rings. The van der Waals surface area contributed by atoms with Gasteiger partial charge in [-0.25, -0.2) is 9.97 Å². The zero-order valence-electron chi connectivity index (χ0n) is 12.3. The lowest BCUT2D eigenvalue weighted by atomic mass is 10.1. The SMILES string of the molecule is COC(=O)[C@H](C)CN(Cc1ccccc1)c1ncccn1. The predicted octanol–water partition coefficient (Wildman–Crippen LogP) is 2.29. The summed E-state index contributed by atoms with van der Waals surface area (Å²) < 4.78 is 4.79. The van der Waals surface area contributed by atoms with E-state index in [2.05, 4.69) is 9.97 Å². The smallest absolute Gasteiger partial charge is 0.310 e. The highest BCUT2D eigenvalue weighted by molar-refractivity contribution is 5.72. The fraction of sp³-hybridized carbons (Fsp3) is 0.312. The first-order chi connectivity index (χ1) is 10.2. The standard InChI is InChI=1S/C16H19N3O2/c1-13(15(20)21-2)11-19(16-17-9-6-10-18-16)12-14-7-4-3-5-8-14/h3-10,13H,11-12H2,1-2H3/t13-/m1/s1. The summed E-state index contributed by atoms with van der Waals surface area (Å²) in [5, 5.41) is 0. The minimum Gasteiger partial charge on any atom is -0.469 e. The number of aromatic nitrogens is 2. The first kappa shape index (κ1) is 15.0. The molecule has 5 nitrogen and oxygen atoms in total. The Labute approximate surface area is 124 Å². The molecule has 2 aromatic rings. The van der Waals surface area contributed by atoms with E-state index in [-0.39, 0.29) is 11.9 Å². The van der Waals surface area contributed by atoms with Gasteiger partial charge in [0, 0.05) is 25.5 Å². The molecule has 0 aliphatic rings. The maximum absolute atomic E-state index is 11.6. The summed E-state index contributed by atoms with van der Waals surface area (Å²) in [5.41, 5.74) is 1.14. The van der Waals surface area contributed by atoms with Crippen LogP contribution in [0.15, 0.2) is 48.8 Å². The van der Waals surface area contributed by atoms with Crippen LogP contribution in [0.25, 0.3) is 0 Å². The molecule has 0 aliphatic carbocycles. The zero-order chi connectivity index (χ0) is 15.1. The molecule has 0 bridgehead atoms. The Morgan fingerprint density at radius 1 is 1.19 bits per heavy atom. The van der Waals surface area contributed by atoms with Gasteiger partial charge in [-0.15, -0.1) is 0 Å². The third-order valence-corrected chi connectivity index (χ3v) is 3.15. The average molecular weight is 285 g/mol. The van der Waals surface area contributed by atoms with Gasteiger partial charge in [0.1, 0.15) is 0 Å². The van der Waals surface area contributed by atoms with E-state index in [4.69, 9.17) is 4.74 Å². The second kappa shape index (κ2) is 7.38. The minimum atomic E-state index is -0.248. The van der Waals surface area contributed by atoms with E-state index in [1.165, 1.54) is 7.11 Å². The summed E-state index contributed by atoms with van der Waals surface area (Å²) in [6.07, 6.45) is 3.40. The van der Waals surface area contributed by atoms with E-state index in [1.807, 2.05) is 42.2 Å². The number of rotatable bonds is 6. The number of ether oxygens (including phenoxy) is 1. The fourth-order valence-electron chi connectivity index (χ4n) is 2.08. The normalized spacial score (nSPS) is 11.7. The highest BCUT2D eigenvalue weighted by Crippen LogP contribution is 2.14. The van der Waals surface area contributed by atoms with Gasteiger partial charge in [0.15, 0.2) is 0 Å². The van der Waals surface area contributed by atoms with Gasteiger partial charge in [0.05, 0.1) is 13.0 Å². The predicted molar refractivity (Wildman–Crippen MR) is 80.7 cm³/mol. The Morgan fingerprint density at radius 2 is 1.86 bits per heavy atom. The van der Waals surface area contributed by atoms with E-state index in [9.17, 15) is 4.79 Å². The molecule has 1 atom stereocenters. The van der Waals surface area contributed by atoms with Crippen LogP contribution in [0, 0.1) is 5.92 Å². The van der Waals surface area contributed by atoms with Gasteiger partial charge >= 0.3 is 5.97 Å². The summed E-state index contributed by atoms with van der Waals surface area (Å²) in [5.74, 6) is 0.128. The van der Waals surface area contributed by atoms with E-state index in [0.29, 0.717) is 19.0 Å². The van der Waals surface area contributed by atoms with Crippen LogP contribution >= 0.6 is 0 Å². The van der Waals surface area contributed by atoms with Gasteiger partial charge in [-0.05, 0) is 11.6 Å². The van der Waals surface area contributed by atoms with Crippen molar-refractivity contribution in [2.45, 2.75) is 13.5 Å². The van der Waals surface area contributed by atoms with E-state index < -0.39 is 0 Å². The lowest BCUT2D eigenvalue weighted by Crippen LogP contribution is -2.33. The van der Waals surface area contributed by atoms with Crippen LogP contribution in [0.1, 0.15) is 12.5 Å². The highest BCUT2D eigenvalue weighted by Gasteiger charge is 2.19. The summed E-state index contributed by atoms with van der Waals surface area (Å²) in [7, 11) is 1.40. The Morgan fingerprint density at radius 3 is 2.48 bits per heavy atom. The molecule has 0 unspecified atom stereocenters. The Hall–Kier alpha value is -2.43. The molecule has 2 rings (SSSR count). The average Bonchev–Trinajstić information content (AvgIpc) is 2.55. The van der Waals surface area contributed by atoms with Crippen LogP contribution in [0.3, 0.4) is 0 Å². The number of methoxy groups -OCH3 is 1. The number of hydrogen-bond acceptors (Lipinski definition) is 5. The van der Waals surface area contributed by atoms with Crippen LogP contribution in [0.2, 0.25) is 0 Å². The van der Waals surface area contributed by atoms with Crippen LogP contribution in [-0.2, 0) is 16.1 Å². The first-order valence-corrected chi connectivity index (χ1v) is 6.84. The third-order valence-electron chi connectivity index (χ3n) is 3.15. The summed E-state index contributed by atoms with van der Waals surface area (Å²) in [6.45, 7) is 2.99. The molecule has 110 valence electrons. The van der Waals surface area contributed by atoms with Gasteiger partial charge in [-0.1, -0.05) is 37.3 Å². The van der Waals surface area contributed by atoms with Crippen molar-refractivity contribution in [2.24, 2.45) is 5.92 Å². The summed E-state index contributed by atoms with van der Waals surface area (Å²) >= 11 is 0. The topological polar surface area (TPSA) is 55.3 Å². The Kier molecular flexibility index (Phi) is 5.26. The molecule has 1 aromatic heterocycles. The van der Waals surface area contributed by atoms with E-state index in [0.717, 1.165) is 5.56 Å². The molecule has 0 N–H and O–H groups in total. The maximum atomic E-state index is 11.6. The number of carbonyl (C=O) groups excluding carboxylic acids is 1. The molecule has 0 spiro atoms. The van der Waals surface area contributed by atoms with Crippen LogP contribution in [-0.4, -0.2) is 29.6 Å². The van der Waals surface area contributed by atoms with Crippen molar-refractivity contribution in [1.29, 1.82) is 0 Å². The summed E-state index contributed by atoms with van der Waals surface area (Å²) in [4.78, 5) is 22.2. The second-order valence-electron chi connectivity index (χ2n) is 4.84. The van der Waals surface area contributed by atoms with Gasteiger partial charge in [0.25, 0.3) is 0 Å². The van der Waals surface area contributed by atoms with E-state index >= 15 is 0 Å². The van der Waals surface area contributed by atoms with Crippen molar-refractivity contribution in [2.75, 3.05) is 18.6 Å². The molecule has 1 aromatic carbocycles. The highest BCUT2D eigenvalue weighted by atomic mass is 16.5. The van der Waals surface area contributed by atoms with Crippen LogP contribution in [0.4, 0.5) is 5.95 Å². The van der Waals surface area contributed by atoms with Crippen molar-refractivity contribution >= 4 is 11.9 Å². The van der Waals surface area contributed by atoms with E-state index in [1.54, 1.807) is 18.5 Å². The van der Waals surface area contributed by atoms with Crippen molar-refractivity contribution < 1.29 is 9.53 Å². The second-order valence-corrected chi connectivity index (χ2v) is 4.84. The molecule has 5 heteroatoms. The monoisotopic (exact) mass is 285 g/mol. The molecule has 0 aliphatic heterocycles. The quantitative estimate of drug-likeness (QED) is 0.762. The number of hydrogen-bond donors (Lipinski definition) is 0. The van der Waals surface area contributed by atoms with Gasteiger partial charge in [-0.2, -0.15) is 0 Å². The largest absolute Gasteiger partial charge is 0.469 e. The number of benzene rings is 1. The van der Waals surface area contributed by atoms with Crippen molar-refractivity contribution in [3.8, 4) is 0 Å². The maximum Gasteiger partial charge on any atom is 0.310 e. The van der Waals surface area contributed by atoms with Crippen LogP contribution < -0.4 is 4.90 Å². The van der Waals surface area contributed by atoms with Crippen LogP contribution in [0.5, 0.6) is 0 Å². The van der Waals surface area contributed by atoms with Crippen molar-refractivity contribution in [3.63, 3.8) is 0 Å². The Bertz CT molecular complexity index is 560. The molecule has 0 saturated carbocycles. The molecular weight excluding hydrogens is 266 g/mol. The fourth-order valence-corrected chi connectivity index (χ4v) is 2.08. The molecule has 1 heterocycles. The number of carbonyl (C=O) groups is 1. The van der Waals surface area contributed by atoms with Gasteiger partial charge < -0.3 is 9.64 Å². The molecule has 21 heavy (non-hydrogen) atoms. The molecular formula is C16H19N3O2. The zero-order valence-corrected chi connectivity index (χ0v) is 12.3. The summed E-state index contributed by atoms with van der Waals surface area (Å²) in [6, 6.07) is 11.8. The number of anilines is 1. The van der Waals surface area contributed by atoms with Gasteiger partial charge in [-0.3, -0.25) is 4.79 Å². The molecule has 0 radical (unpaired) electrons. The lowest BCUT2D eigenvalue weighted by Gasteiger charge is -2.25. The third kappa shape index (κ3) is 4.27.